The smallest absolute Gasteiger partial charge is 0.296 e. The topological polar surface area (TPSA) is 71.0 Å². The highest BCUT2D eigenvalue weighted by molar-refractivity contribution is 7.16. The number of hydrogen-bond donors (Lipinski definition) is 1. The largest absolute Gasteiger partial charge is 0.416 e. The first kappa shape index (κ1) is 24.5. The molecule has 1 aliphatic heterocycles. The van der Waals surface area contributed by atoms with Crippen LogP contribution in [0.1, 0.15) is 47.6 Å². The number of thiazole rings is 1. The Morgan fingerprint density at radius 3 is 2.50 bits per heavy atom. The molecule has 0 aliphatic carbocycles. The Morgan fingerprint density at radius 1 is 1.18 bits per heavy atom. The second kappa shape index (κ2) is 9.55. The van der Waals surface area contributed by atoms with Crippen LogP contribution in [-0.4, -0.2) is 37.8 Å². The lowest BCUT2D eigenvalue weighted by Gasteiger charge is -2.25. The zero-order valence-corrected chi connectivity index (χ0v) is 19.7. The third-order valence-corrected chi connectivity index (χ3v) is 6.88. The minimum Gasteiger partial charge on any atom is -0.296 e. The van der Waals surface area contributed by atoms with Crippen LogP contribution in [0.2, 0.25) is 5.15 Å². The van der Waals surface area contributed by atoms with E-state index in [1.807, 2.05) is 0 Å². The molecule has 1 aliphatic rings. The fourth-order valence-corrected chi connectivity index (χ4v) is 5.03. The Morgan fingerprint density at radius 2 is 1.88 bits per heavy atom. The van der Waals surface area contributed by atoms with Gasteiger partial charge >= 0.3 is 6.18 Å². The number of nitrogens with zero attached hydrogens (tertiary/aromatic N) is 4. The SMILES string of the molecule is C[C@@H]1CC[C@@H](C)N1Cc1sc(NC(=O)c2cnc(Cl)cn2)nc1-c1cc(F)cc(C(F)(F)F)c1. The van der Waals surface area contributed by atoms with Crippen molar-refractivity contribution >= 4 is 34.0 Å². The molecule has 1 fully saturated rings. The van der Waals surface area contributed by atoms with E-state index in [1.54, 1.807) is 0 Å². The van der Waals surface area contributed by atoms with Crippen molar-refractivity contribution in [3.8, 4) is 11.3 Å². The number of hydrogen-bond acceptors (Lipinski definition) is 6. The van der Waals surface area contributed by atoms with Crippen molar-refractivity contribution in [3.05, 3.63) is 57.7 Å². The van der Waals surface area contributed by atoms with E-state index in [9.17, 15) is 22.4 Å². The zero-order valence-electron chi connectivity index (χ0n) is 18.2. The van der Waals surface area contributed by atoms with Gasteiger partial charge in [-0.2, -0.15) is 13.2 Å². The molecule has 1 amide bonds. The molecule has 12 heteroatoms. The maximum absolute atomic E-state index is 14.1. The molecule has 2 atom stereocenters. The normalized spacial score (nSPS) is 18.9. The van der Waals surface area contributed by atoms with Crippen molar-refractivity contribution in [2.75, 3.05) is 5.32 Å². The van der Waals surface area contributed by atoms with Gasteiger partial charge in [0.05, 0.1) is 23.7 Å². The molecular weight excluding hydrogens is 494 g/mol. The average Bonchev–Trinajstić information content (AvgIpc) is 3.31. The fraction of sp³-hybridized carbons (Fsp3) is 0.364. The second-order valence-corrected chi connectivity index (χ2v) is 9.61. The van der Waals surface area contributed by atoms with Crippen LogP contribution in [0.25, 0.3) is 11.3 Å². The lowest BCUT2D eigenvalue weighted by Crippen LogP contribution is -2.31. The summed E-state index contributed by atoms with van der Waals surface area (Å²) in [5, 5.41) is 2.88. The number of benzene rings is 1. The van der Waals surface area contributed by atoms with E-state index in [4.69, 9.17) is 11.6 Å². The molecule has 0 saturated carbocycles. The molecule has 3 heterocycles. The lowest BCUT2D eigenvalue weighted by atomic mass is 10.1. The predicted octanol–water partition coefficient (Wildman–Crippen LogP) is 6.04. The molecule has 1 saturated heterocycles. The number of carbonyl (C=O) groups excluding carboxylic acids is 1. The first-order chi connectivity index (χ1) is 16.0. The molecule has 1 aromatic carbocycles. The highest BCUT2D eigenvalue weighted by Gasteiger charge is 2.33. The number of alkyl halides is 3. The Balaban J connectivity index is 1.72. The van der Waals surface area contributed by atoms with Gasteiger partial charge in [-0.1, -0.05) is 22.9 Å². The van der Waals surface area contributed by atoms with Crippen LogP contribution >= 0.6 is 22.9 Å². The van der Waals surface area contributed by atoms with Crippen LogP contribution in [-0.2, 0) is 12.7 Å². The Bertz CT molecular complexity index is 1190. The van der Waals surface area contributed by atoms with Crippen LogP contribution in [0.5, 0.6) is 0 Å². The molecule has 1 N–H and O–H groups in total. The van der Waals surface area contributed by atoms with Gasteiger partial charge in [0.15, 0.2) is 5.13 Å². The standard InChI is InChI=1S/C22H20ClF4N5OS/c1-11-3-4-12(2)32(11)10-17-19(13-5-14(22(25,26)27)7-15(24)6-13)30-21(34-17)31-20(33)16-8-29-18(23)9-28-16/h5-9,11-12H,3-4,10H2,1-2H3,(H,30,31,33)/t11-,12-/m1/s1. The first-order valence-corrected chi connectivity index (χ1v) is 11.6. The summed E-state index contributed by atoms with van der Waals surface area (Å²) in [6.45, 7) is 4.57. The van der Waals surface area contributed by atoms with Gasteiger partial charge in [0.1, 0.15) is 16.7 Å². The minimum atomic E-state index is -4.71. The van der Waals surface area contributed by atoms with Crippen molar-refractivity contribution in [3.63, 3.8) is 0 Å². The molecule has 0 radical (unpaired) electrons. The van der Waals surface area contributed by atoms with E-state index in [0.717, 1.165) is 36.3 Å². The Hall–Kier alpha value is -2.63. The number of nitrogens with one attached hydrogen (secondary N) is 1. The molecule has 0 bridgehead atoms. The summed E-state index contributed by atoms with van der Waals surface area (Å²) in [5.41, 5.74) is -0.926. The van der Waals surface area contributed by atoms with Crippen molar-refractivity contribution in [2.45, 2.75) is 51.5 Å². The average molecular weight is 514 g/mol. The van der Waals surface area contributed by atoms with Gasteiger partial charge in [-0.3, -0.25) is 15.0 Å². The van der Waals surface area contributed by atoms with Crippen molar-refractivity contribution in [1.29, 1.82) is 0 Å². The maximum atomic E-state index is 14.1. The van der Waals surface area contributed by atoms with Crippen molar-refractivity contribution in [1.82, 2.24) is 19.9 Å². The highest BCUT2D eigenvalue weighted by atomic mass is 35.5. The summed E-state index contributed by atoms with van der Waals surface area (Å²) < 4.78 is 54.1. The quantitative estimate of drug-likeness (QED) is 0.421. The monoisotopic (exact) mass is 513 g/mol. The van der Waals surface area contributed by atoms with Gasteiger partial charge in [0.25, 0.3) is 5.91 Å². The number of anilines is 1. The number of halogens is 5. The molecule has 34 heavy (non-hydrogen) atoms. The molecular formula is C22H20ClF4N5OS. The molecule has 4 rings (SSSR count). The third kappa shape index (κ3) is 5.37. The van der Waals surface area contributed by atoms with Crippen molar-refractivity contribution < 1.29 is 22.4 Å². The summed E-state index contributed by atoms with van der Waals surface area (Å²) in [6.07, 6.45) is -0.312. The van der Waals surface area contributed by atoms with E-state index in [0.29, 0.717) is 17.5 Å². The van der Waals surface area contributed by atoms with Crippen LogP contribution < -0.4 is 5.32 Å². The van der Waals surface area contributed by atoms with Gasteiger partial charge in [-0.15, -0.1) is 0 Å². The van der Waals surface area contributed by atoms with Crippen LogP contribution in [0.3, 0.4) is 0 Å². The summed E-state index contributed by atoms with van der Waals surface area (Å²) >= 11 is 6.83. The Labute approximate surface area is 202 Å². The third-order valence-electron chi connectivity index (χ3n) is 5.73. The van der Waals surface area contributed by atoms with E-state index >= 15 is 0 Å². The molecule has 6 nitrogen and oxygen atoms in total. The molecule has 180 valence electrons. The number of rotatable bonds is 5. The van der Waals surface area contributed by atoms with Gasteiger partial charge in [0.2, 0.25) is 0 Å². The van der Waals surface area contributed by atoms with E-state index in [-0.39, 0.29) is 39.3 Å². The summed E-state index contributed by atoms with van der Waals surface area (Å²) in [7, 11) is 0. The number of likely N-dealkylation sites (tertiary alicyclic amines) is 1. The maximum Gasteiger partial charge on any atom is 0.416 e. The van der Waals surface area contributed by atoms with Gasteiger partial charge in [-0.05, 0) is 44.9 Å². The molecule has 0 unspecified atom stereocenters. The summed E-state index contributed by atoms with van der Waals surface area (Å²) in [6, 6.07) is 2.87. The number of amides is 1. The Kier molecular flexibility index (Phi) is 6.88. The fourth-order valence-electron chi connectivity index (χ4n) is 3.94. The van der Waals surface area contributed by atoms with Crippen LogP contribution in [0, 0.1) is 5.82 Å². The summed E-state index contributed by atoms with van der Waals surface area (Å²) in [4.78, 5) is 27.5. The number of aromatic nitrogens is 3. The first-order valence-electron chi connectivity index (χ1n) is 10.4. The van der Waals surface area contributed by atoms with Gasteiger partial charge < -0.3 is 0 Å². The second-order valence-electron chi connectivity index (χ2n) is 8.14. The molecule has 0 spiro atoms. The highest BCUT2D eigenvalue weighted by Crippen LogP contribution is 2.38. The van der Waals surface area contributed by atoms with E-state index in [1.165, 1.54) is 12.4 Å². The lowest BCUT2D eigenvalue weighted by molar-refractivity contribution is -0.137. The van der Waals surface area contributed by atoms with Gasteiger partial charge in [-0.25, -0.2) is 19.3 Å². The molecule has 3 aromatic rings. The minimum absolute atomic E-state index is 0.00500. The molecule has 2 aromatic heterocycles. The summed E-state index contributed by atoms with van der Waals surface area (Å²) in [5.74, 6) is -1.62. The van der Waals surface area contributed by atoms with Gasteiger partial charge in [0, 0.05) is 29.1 Å². The van der Waals surface area contributed by atoms with E-state index in [2.05, 4.69) is 39.0 Å². The zero-order chi connectivity index (χ0) is 24.6. The van der Waals surface area contributed by atoms with Crippen molar-refractivity contribution in [2.24, 2.45) is 0 Å². The van der Waals surface area contributed by atoms with Crippen LogP contribution in [0.15, 0.2) is 30.6 Å². The van der Waals surface area contributed by atoms with Crippen LogP contribution in [0.4, 0.5) is 22.7 Å². The predicted molar refractivity (Wildman–Crippen MR) is 121 cm³/mol. The number of carbonyl (C=O) groups is 1. The van der Waals surface area contributed by atoms with E-state index < -0.39 is 23.5 Å².